The van der Waals surface area contributed by atoms with Crippen LogP contribution in [-0.2, 0) is 17.7 Å². The summed E-state index contributed by atoms with van der Waals surface area (Å²) < 4.78 is 5.29. The molecule has 0 radical (unpaired) electrons. The van der Waals surface area contributed by atoms with Crippen molar-refractivity contribution in [2.75, 3.05) is 17.3 Å². The lowest BCUT2D eigenvalue weighted by Gasteiger charge is -2.20. The van der Waals surface area contributed by atoms with Crippen molar-refractivity contribution in [2.45, 2.75) is 52.3 Å². The smallest absolute Gasteiger partial charge is 0.407 e. The lowest BCUT2D eigenvalue weighted by molar-refractivity contribution is 0.0523. The molecule has 2 aromatic heterocycles. The number of hydrogen-bond acceptors (Lipinski definition) is 8. The zero-order valence-electron chi connectivity index (χ0n) is 20.0. The van der Waals surface area contributed by atoms with E-state index in [1.54, 1.807) is 24.5 Å². The number of carbonyl (C=O) groups excluding carboxylic acids is 1. The molecule has 9 nitrogen and oxygen atoms in total. The minimum atomic E-state index is -0.525. The van der Waals surface area contributed by atoms with Crippen LogP contribution in [0.5, 0.6) is 0 Å². The van der Waals surface area contributed by atoms with Crippen LogP contribution < -0.4 is 15.5 Å². The number of amides is 1. The van der Waals surface area contributed by atoms with Gasteiger partial charge in [-0.2, -0.15) is 4.98 Å². The van der Waals surface area contributed by atoms with Crippen LogP contribution >= 0.6 is 11.6 Å². The summed E-state index contributed by atoms with van der Waals surface area (Å²) in [5, 5.41) is 6.31. The van der Waals surface area contributed by atoms with Gasteiger partial charge in [-0.25, -0.2) is 19.7 Å². The number of ether oxygens (including phenoxy) is 1. The van der Waals surface area contributed by atoms with Crippen molar-refractivity contribution in [3.05, 3.63) is 65.2 Å². The topological polar surface area (TPSA) is 105 Å². The molecule has 0 saturated carbocycles. The van der Waals surface area contributed by atoms with Crippen LogP contribution in [-0.4, -0.2) is 44.7 Å². The quantitative estimate of drug-likeness (QED) is 0.442. The highest BCUT2D eigenvalue weighted by Crippen LogP contribution is 2.21. The second-order valence-corrected chi connectivity index (χ2v) is 9.24. The fraction of sp³-hybridized carbons (Fsp3) is 0.375. The minimum absolute atomic E-state index is 0.0723. The average Bonchev–Trinajstić information content (AvgIpc) is 2.76. The second-order valence-electron chi connectivity index (χ2n) is 8.91. The summed E-state index contributed by atoms with van der Waals surface area (Å²) in [6.07, 6.45) is 3.62. The summed E-state index contributed by atoms with van der Waals surface area (Å²) in [6, 6.07) is 11.7. The Hall–Kier alpha value is -3.46. The molecule has 1 amide bonds. The third-order valence-corrected chi connectivity index (χ3v) is 4.87. The predicted octanol–water partition coefficient (Wildman–Crippen LogP) is 4.76. The normalized spacial score (nSPS) is 12.1. The van der Waals surface area contributed by atoms with Crippen molar-refractivity contribution in [3.8, 4) is 0 Å². The standard InChI is InChI=1S/C24H30ClN7O2/c1-16(13-17-7-6-8-18(14-17)15-28-23(33)34-24(2,3)4)29-22-27-12-10-20(31-22)32(5)19-9-11-26-21(25)30-19/h6-12,14,16H,13,15H2,1-5H3,(H,28,33)(H,27,29,31)/t16-/m0/s1. The number of carbonyl (C=O) groups is 1. The van der Waals surface area contributed by atoms with Crippen molar-refractivity contribution in [3.63, 3.8) is 0 Å². The molecule has 3 rings (SSSR count). The first-order chi connectivity index (χ1) is 16.1. The largest absolute Gasteiger partial charge is 0.444 e. The van der Waals surface area contributed by atoms with Gasteiger partial charge in [-0.1, -0.05) is 24.3 Å². The van der Waals surface area contributed by atoms with Crippen molar-refractivity contribution in [1.29, 1.82) is 0 Å². The fourth-order valence-electron chi connectivity index (χ4n) is 3.22. The van der Waals surface area contributed by atoms with Crippen molar-refractivity contribution >= 4 is 35.3 Å². The molecule has 0 aliphatic heterocycles. The lowest BCUT2D eigenvalue weighted by atomic mass is 10.0. The van der Waals surface area contributed by atoms with Gasteiger partial charge in [0.2, 0.25) is 11.2 Å². The van der Waals surface area contributed by atoms with E-state index >= 15 is 0 Å². The Kier molecular flexibility index (Phi) is 8.22. The predicted molar refractivity (Wildman–Crippen MR) is 133 cm³/mol. The molecule has 10 heteroatoms. The van der Waals surface area contributed by atoms with E-state index in [0.717, 1.165) is 17.5 Å². The van der Waals surface area contributed by atoms with Crippen LogP contribution in [0.2, 0.25) is 5.28 Å². The van der Waals surface area contributed by atoms with E-state index in [9.17, 15) is 4.79 Å². The molecule has 0 aliphatic rings. The third kappa shape index (κ3) is 7.84. The Morgan fingerprint density at radius 1 is 1.09 bits per heavy atom. The van der Waals surface area contributed by atoms with Gasteiger partial charge in [0.1, 0.15) is 17.2 Å². The summed E-state index contributed by atoms with van der Waals surface area (Å²) >= 11 is 5.90. The first-order valence-electron chi connectivity index (χ1n) is 11.0. The van der Waals surface area contributed by atoms with Crippen molar-refractivity contribution < 1.29 is 9.53 Å². The second kappa shape index (κ2) is 11.1. The number of hydrogen-bond donors (Lipinski definition) is 2. The van der Waals surface area contributed by atoms with Crippen LogP contribution in [0.25, 0.3) is 0 Å². The number of aromatic nitrogens is 4. The maximum Gasteiger partial charge on any atom is 0.407 e. The summed E-state index contributed by atoms with van der Waals surface area (Å²) in [5.41, 5.74) is 1.61. The van der Waals surface area contributed by atoms with Crippen LogP contribution in [0.3, 0.4) is 0 Å². The summed E-state index contributed by atoms with van der Waals surface area (Å²) in [5.74, 6) is 1.82. The van der Waals surface area contributed by atoms with Gasteiger partial charge >= 0.3 is 6.09 Å². The number of anilines is 3. The molecule has 1 aromatic carbocycles. The Morgan fingerprint density at radius 2 is 1.76 bits per heavy atom. The van der Waals surface area contributed by atoms with Crippen molar-refractivity contribution in [1.82, 2.24) is 25.3 Å². The maximum atomic E-state index is 11.9. The molecule has 2 heterocycles. The summed E-state index contributed by atoms with van der Waals surface area (Å²) in [6.45, 7) is 7.98. The van der Waals surface area contributed by atoms with E-state index in [-0.39, 0.29) is 11.3 Å². The molecule has 0 aliphatic carbocycles. The highest BCUT2D eigenvalue weighted by molar-refractivity contribution is 6.28. The molecule has 1 atom stereocenters. The van der Waals surface area contributed by atoms with Gasteiger partial charge in [0.05, 0.1) is 0 Å². The maximum absolute atomic E-state index is 11.9. The van der Waals surface area contributed by atoms with Crippen LogP contribution in [0, 0.1) is 0 Å². The molecule has 0 unspecified atom stereocenters. The van der Waals surface area contributed by atoms with E-state index < -0.39 is 11.7 Å². The van der Waals surface area contributed by atoms with E-state index in [2.05, 4.69) is 49.6 Å². The molecule has 2 N–H and O–H groups in total. The SMILES string of the molecule is C[C@@H](Cc1cccc(CNC(=O)OC(C)(C)C)c1)Nc1nccc(N(C)c2ccnc(Cl)n2)n1. The molecule has 0 bridgehead atoms. The summed E-state index contributed by atoms with van der Waals surface area (Å²) in [4.78, 5) is 30.8. The van der Waals surface area contributed by atoms with E-state index in [1.165, 1.54) is 0 Å². The number of halogens is 1. The fourth-order valence-corrected chi connectivity index (χ4v) is 3.36. The van der Waals surface area contributed by atoms with Gasteiger partial charge in [0, 0.05) is 32.0 Å². The van der Waals surface area contributed by atoms with Gasteiger partial charge in [-0.15, -0.1) is 0 Å². The third-order valence-electron chi connectivity index (χ3n) is 4.68. The van der Waals surface area contributed by atoms with Gasteiger partial charge in [0.25, 0.3) is 0 Å². The molecule has 180 valence electrons. The van der Waals surface area contributed by atoms with Crippen LogP contribution in [0.15, 0.2) is 48.8 Å². The van der Waals surface area contributed by atoms with E-state index in [1.807, 2.05) is 44.9 Å². The molecular weight excluding hydrogens is 454 g/mol. The first kappa shape index (κ1) is 25.2. The Labute approximate surface area is 205 Å². The molecule has 3 aromatic rings. The van der Waals surface area contributed by atoms with Crippen LogP contribution in [0.1, 0.15) is 38.8 Å². The number of alkyl carbamates (subject to hydrolysis) is 1. The molecular formula is C24H30ClN7O2. The Balaban J connectivity index is 1.58. The zero-order valence-corrected chi connectivity index (χ0v) is 20.8. The highest BCUT2D eigenvalue weighted by atomic mass is 35.5. The van der Waals surface area contributed by atoms with Crippen LogP contribution in [0.4, 0.5) is 22.4 Å². The average molecular weight is 484 g/mol. The van der Waals surface area contributed by atoms with Gasteiger partial charge in [-0.3, -0.25) is 0 Å². The van der Waals surface area contributed by atoms with E-state index in [0.29, 0.717) is 24.1 Å². The van der Waals surface area contributed by atoms with Crippen molar-refractivity contribution in [2.24, 2.45) is 0 Å². The van der Waals surface area contributed by atoms with E-state index in [4.69, 9.17) is 16.3 Å². The number of nitrogens with zero attached hydrogens (tertiary/aromatic N) is 5. The molecule has 0 spiro atoms. The zero-order chi connectivity index (χ0) is 24.7. The van der Waals surface area contributed by atoms with Gasteiger partial charge < -0.3 is 20.3 Å². The first-order valence-corrected chi connectivity index (χ1v) is 11.3. The highest BCUT2D eigenvalue weighted by Gasteiger charge is 2.16. The lowest BCUT2D eigenvalue weighted by Crippen LogP contribution is -2.32. The van der Waals surface area contributed by atoms with Gasteiger partial charge in [-0.05, 0) is 69.0 Å². The number of nitrogens with one attached hydrogen (secondary N) is 2. The monoisotopic (exact) mass is 483 g/mol. The Bertz CT molecular complexity index is 1120. The Morgan fingerprint density at radius 3 is 2.47 bits per heavy atom. The molecule has 0 saturated heterocycles. The number of rotatable bonds is 8. The molecule has 34 heavy (non-hydrogen) atoms. The minimum Gasteiger partial charge on any atom is -0.444 e. The number of benzene rings is 1. The summed E-state index contributed by atoms with van der Waals surface area (Å²) in [7, 11) is 1.85. The molecule has 0 fully saturated rings. The van der Waals surface area contributed by atoms with Gasteiger partial charge in [0.15, 0.2) is 0 Å².